The van der Waals surface area contributed by atoms with Crippen LogP contribution in [0.4, 0.5) is 0 Å². The van der Waals surface area contributed by atoms with Crippen LogP contribution in [0.3, 0.4) is 0 Å². The number of hydrogen-bond donors (Lipinski definition) is 1. The van der Waals surface area contributed by atoms with Crippen LogP contribution in [0.1, 0.15) is 61.0 Å². The molecule has 1 heterocycles. The maximum Gasteiger partial charge on any atom is 0.340 e. The number of hydrogen-bond acceptors (Lipinski definition) is 5. The van der Waals surface area contributed by atoms with Crippen molar-refractivity contribution in [3.05, 3.63) is 46.8 Å². The number of esters is 1. The molecule has 1 amide bonds. The Morgan fingerprint density at radius 1 is 1.03 bits per heavy atom. The number of aryl methyl sites for hydroxylation is 1. The third kappa shape index (κ3) is 6.51. The van der Waals surface area contributed by atoms with Crippen LogP contribution in [0.15, 0.2) is 24.3 Å². The Morgan fingerprint density at radius 3 is 2.32 bits per heavy atom. The molecule has 0 spiro atoms. The van der Waals surface area contributed by atoms with E-state index in [0.29, 0.717) is 43.2 Å². The zero-order valence-electron chi connectivity index (χ0n) is 19.4. The molecule has 0 saturated carbocycles. The molecule has 0 atom stereocenters. The molecule has 0 bridgehead atoms. The van der Waals surface area contributed by atoms with Gasteiger partial charge in [0.05, 0.1) is 18.8 Å². The summed E-state index contributed by atoms with van der Waals surface area (Å²) in [6.07, 6.45) is 0.627. The van der Waals surface area contributed by atoms with Gasteiger partial charge in [-0.1, -0.05) is 6.07 Å². The summed E-state index contributed by atoms with van der Waals surface area (Å²) in [5.41, 5.74) is 3.35. The number of aromatic nitrogens is 1. The van der Waals surface area contributed by atoms with E-state index >= 15 is 0 Å². The van der Waals surface area contributed by atoms with Gasteiger partial charge >= 0.3 is 5.97 Å². The molecule has 0 aliphatic heterocycles. The fourth-order valence-corrected chi connectivity index (χ4v) is 3.64. The Balaban J connectivity index is 1.84. The molecule has 7 heteroatoms. The summed E-state index contributed by atoms with van der Waals surface area (Å²) in [6.45, 7) is 13.0. The first kappa shape index (κ1) is 24.3. The van der Waals surface area contributed by atoms with Gasteiger partial charge < -0.3 is 24.1 Å². The summed E-state index contributed by atoms with van der Waals surface area (Å²) in [6, 6.07) is 7.80. The minimum atomic E-state index is -0.483. The van der Waals surface area contributed by atoms with Gasteiger partial charge in [-0.15, -0.1) is 0 Å². The summed E-state index contributed by atoms with van der Waals surface area (Å²) in [7, 11) is 0. The lowest BCUT2D eigenvalue weighted by Gasteiger charge is -2.13. The number of benzene rings is 1. The van der Waals surface area contributed by atoms with Crippen molar-refractivity contribution < 1.29 is 23.8 Å². The molecule has 0 saturated heterocycles. The van der Waals surface area contributed by atoms with Crippen molar-refractivity contribution in [1.82, 2.24) is 9.88 Å². The van der Waals surface area contributed by atoms with Crippen molar-refractivity contribution in [2.75, 3.05) is 26.4 Å². The van der Waals surface area contributed by atoms with E-state index in [1.165, 1.54) is 0 Å². The second-order valence-electron chi connectivity index (χ2n) is 7.57. The quantitative estimate of drug-likeness (QED) is 0.545. The van der Waals surface area contributed by atoms with Crippen LogP contribution in [0, 0.1) is 13.8 Å². The van der Waals surface area contributed by atoms with Crippen molar-refractivity contribution in [3.63, 3.8) is 0 Å². The average Bonchev–Trinajstić information content (AvgIpc) is 3.02. The van der Waals surface area contributed by atoms with Gasteiger partial charge in [0.2, 0.25) is 0 Å². The standard InChI is InChI=1S/C24H34N2O5/c1-7-29-21-10-9-19(14-22(21)30-8-2)11-12-25-23(27)15-31-24(28)20-13-17(5)26(16(3)4)18(20)6/h9-10,13-14,16H,7-8,11-12,15H2,1-6H3,(H,25,27). The van der Waals surface area contributed by atoms with Crippen LogP contribution in [-0.2, 0) is 16.0 Å². The van der Waals surface area contributed by atoms with Crippen LogP contribution in [0.2, 0.25) is 0 Å². The predicted octanol–water partition coefficient (Wildman–Crippen LogP) is 4.00. The molecule has 1 aromatic heterocycles. The number of nitrogens with zero attached hydrogens (tertiary/aromatic N) is 1. The molecule has 2 aromatic rings. The highest BCUT2D eigenvalue weighted by molar-refractivity contribution is 5.92. The van der Waals surface area contributed by atoms with E-state index in [1.54, 1.807) is 6.07 Å². The predicted molar refractivity (Wildman–Crippen MR) is 120 cm³/mol. The topological polar surface area (TPSA) is 78.8 Å². The maximum absolute atomic E-state index is 12.4. The molecule has 1 N–H and O–H groups in total. The van der Waals surface area contributed by atoms with Gasteiger partial charge in [0.25, 0.3) is 5.91 Å². The molecular weight excluding hydrogens is 396 g/mol. The van der Waals surface area contributed by atoms with Gasteiger partial charge in [-0.05, 0) is 71.7 Å². The number of nitrogens with one attached hydrogen (secondary N) is 1. The van der Waals surface area contributed by atoms with Gasteiger partial charge in [0.1, 0.15) is 0 Å². The largest absolute Gasteiger partial charge is 0.490 e. The maximum atomic E-state index is 12.4. The summed E-state index contributed by atoms with van der Waals surface area (Å²) < 4.78 is 18.5. The van der Waals surface area contributed by atoms with E-state index in [2.05, 4.69) is 23.7 Å². The second-order valence-corrected chi connectivity index (χ2v) is 7.57. The minimum absolute atomic E-state index is 0.246. The van der Waals surface area contributed by atoms with Crippen molar-refractivity contribution in [2.24, 2.45) is 0 Å². The van der Waals surface area contributed by atoms with Crippen LogP contribution in [0.25, 0.3) is 0 Å². The van der Waals surface area contributed by atoms with Gasteiger partial charge in [-0.3, -0.25) is 4.79 Å². The summed E-state index contributed by atoms with van der Waals surface area (Å²) in [5.74, 6) is 0.590. The zero-order chi connectivity index (χ0) is 23.0. The smallest absolute Gasteiger partial charge is 0.340 e. The molecule has 7 nitrogen and oxygen atoms in total. The summed E-state index contributed by atoms with van der Waals surface area (Å²) in [5, 5.41) is 2.79. The summed E-state index contributed by atoms with van der Waals surface area (Å²) in [4.78, 5) is 24.5. The molecule has 31 heavy (non-hydrogen) atoms. The van der Waals surface area contributed by atoms with E-state index < -0.39 is 5.97 Å². The van der Waals surface area contributed by atoms with Gasteiger partial charge in [-0.2, -0.15) is 0 Å². The highest BCUT2D eigenvalue weighted by atomic mass is 16.5. The van der Waals surface area contributed by atoms with Gasteiger partial charge in [0, 0.05) is 24.0 Å². The molecular formula is C24H34N2O5. The molecule has 2 rings (SSSR count). The van der Waals surface area contributed by atoms with Crippen molar-refractivity contribution in [2.45, 2.75) is 54.0 Å². The summed E-state index contributed by atoms with van der Waals surface area (Å²) >= 11 is 0. The molecule has 170 valence electrons. The first-order valence-electron chi connectivity index (χ1n) is 10.8. The van der Waals surface area contributed by atoms with Crippen molar-refractivity contribution in [1.29, 1.82) is 0 Å². The first-order valence-corrected chi connectivity index (χ1v) is 10.8. The molecule has 0 radical (unpaired) electrons. The van der Waals surface area contributed by atoms with E-state index in [9.17, 15) is 9.59 Å². The average molecular weight is 431 g/mol. The van der Waals surface area contributed by atoms with Crippen LogP contribution in [0.5, 0.6) is 11.5 Å². The SMILES string of the molecule is CCOc1ccc(CCNC(=O)COC(=O)c2cc(C)n(C(C)C)c2C)cc1OCC. The van der Waals surface area contributed by atoms with Crippen molar-refractivity contribution in [3.8, 4) is 11.5 Å². The molecule has 0 aliphatic rings. The van der Waals surface area contributed by atoms with E-state index in [1.807, 2.05) is 45.9 Å². The number of amides is 1. The monoisotopic (exact) mass is 430 g/mol. The zero-order valence-corrected chi connectivity index (χ0v) is 19.4. The third-order valence-electron chi connectivity index (χ3n) is 4.90. The fraction of sp³-hybridized carbons (Fsp3) is 0.500. The van der Waals surface area contributed by atoms with Gasteiger partial charge in [0.15, 0.2) is 18.1 Å². The Bertz CT molecular complexity index is 902. The lowest BCUT2D eigenvalue weighted by molar-refractivity contribution is -0.124. The first-order chi connectivity index (χ1) is 14.8. The van der Waals surface area contributed by atoms with Crippen LogP contribution in [-0.4, -0.2) is 42.8 Å². The van der Waals surface area contributed by atoms with E-state index in [0.717, 1.165) is 17.0 Å². The molecule has 0 unspecified atom stereocenters. The number of carbonyl (C=O) groups excluding carboxylic acids is 2. The van der Waals surface area contributed by atoms with Crippen molar-refractivity contribution >= 4 is 11.9 Å². The minimum Gasteiger partial charge on any atom is -0.490 e. The third-order valence-corrected chi connectivity index (χ3v) is 4.90. The van der Waals surface area contributed by atoms with E-state index in [-0.39, 0.29) is 18.6 Å². The lowest BCUT2D eigenvalue weighted by Crippen LogP contribution is -2.30. The highest BCUT2D eigenvalue weighted by Crippen LogP contribution is 2.28. The van der Waals surface area contributed by atoms with Crippen LogP contribution < -0.4 is 14.8 Å². The normalized spacial score (nSPS) is 10.8. The second kappa shape index (κ2) is 11.4. The Kier molecular flexibility index (Phi) is 8.97. The number of carbonyl (C=O) groups is 2. The Morgan fingerprint density at radius 2 is 1.71 bits per heavy atom. The number of rotatable bonds is 11. The Labute approximate surface area is 184 Å². The lowest BCUT2D eigenvalue weighted by atomic mass is 10.1. The molecule has 0 fully saturated rings. The molecule has 0 aliphatic carbocycles. The number of ether oxygens (including phenoxy) is 3. The molecule has 1 aromatic carbocycles. The highest BCUT2D eigenvalue weighted by Gasteiger charge is 2.19. The fourth-order valence-electron chi connectivity index (χ4n) is 3.64. The van der Waals surface area contributed by atoms with Crippen LogP contribution >= 0.6 is 0 Å². The Hall–Kier alpha value is -2.96. The van der Waals surface area contributed by atoms with E-state index in [4.69, 9.17) is 14.2 Å². The van der Waals surface area contributed by atoms with Gasteiger partial charge in [-0.25, -0.2) is 4.79 Å².